The molecule has 0 heterocycles. The molecular formula is C19H22N2O3S. The number of nitrogens with zero attached hydrogens (tertiary/aromatic N) is 2. The predicted molar refractivity (Wildman–Crippen MR) is 96.7 cm³/mol. The SMILES string of the molecule is CCCN(Cc1ccc(C#N)cc1)S(=O)(=O)c1ccc(OCC)cc1. The van der Waals surface area contributed by atoms with Crippen LogP contribution in [0.2, 0.25) is 0 Å². The summed E-state index contributed by atoms with van der Waals surface area (Å²) in [5, 5.41) is 8.87. The van der Waals surface area contributed by atoms with E-state index in [-0.39, 0.29) is 11.4 Å². The van der Waals surface area contributed by atoms with Gasteiger partial charge in [0.05, 0.1) is 23.1 Å². The molecule has 0 aliphatic heterocycles. The van der Waals surface area contributed by atoms with E-state index in [0.717, 1.165) is 5.56 Å². The molecule has 0 aliphatic rings. The van der Waals surface area contributed by atoms with Crippen molar-refractivity contribution in [2.45, 2.75) is 31.7 Å². The third-order valence-corrected chi connectivity index (χ3v) is 5.55. The number of benzene rings is 2. The van der Waals surface area contributed by atoms with Gasteiger partial charge in [-0.05, 0) is 55.3 Å². The number of nitriles is 1. The Morgan fingerprint density at radius 1 is 1.04 bits per heavy atom. The van der Waals surface area contributed by atoms with Crippen LogP contribution in [0.25, 0.3) is 0 Å². The summed E-state index contributed by atoms with van der Waals surface area (Å²) < 4.78 is 32.7. The molecule has 0 unspecified atom stereocenters. The first-order chi connectivity index (χ1) is 12.0. The van der Waals surface area contributed by atoms with E-state index < -0.39 is 10.0 Å². The molecule has 0 aliphatic carbocycles. The van der Waals surface area contributed by atoms with Crippen LogP contribution in [0.15, 0.2) is 53.4 Å². The van der Waals surface area contributed by atoms with Gasteiger partial charge in [0, 0.05) is 13.1 Å². The molecule has 0 saturated carbocycles. The Balaban J connectivity index is 2.25. The zero-order valence-electron chi connectivity index (χ0n) is 14.5. The minimum Gasteiger partial charge on any atom is -0.494 e. The minimum atomic E-state index is -3.60. The average molecular weight is 358 g/mol. The van der Waals surface area contributed by atoms with Crippen LogP contribution in [0.3, 0.4) is 0 Å². The van der Waals surface area contributed by atoms with Gasteiger partial charge in [0.2, 0.25) is 10.0 Å². The second-order valence-corrected chi connectivity index (χ2v) is 7.49. The number of ether oxygens (including phenoxy) is 1. The predicted octanol–water partition coefficient (Wildman–Crippen LogP) is 3.56. The fourth-order valence-electron chi connectivity index (χ4n) is 2.45. The van der Waals surface area contributed by atoms with Crippen molar-refractivity contribution in [1.82, 2.24) is 4.31 Å². The Morgan fingerprint density at radius 3 is 2.20 bits per heavy atom. The van der Waals surface area contributed by atoms with Crippen LogP contribution in [0.4, 0.5) is 0 Å². The van der Waals surface area contributed by atoms with Crippen LogP contribution in [0.1, 0.15) is 31.4 Å². The largest absolute Gasteiger partial charge is 0.494 e. The van der Waals surface area contributed by atoms with Gasteiger partial charge in [-0.15, -0.1) is 0 Å². The molecular weight excluding hydrogens is 336 g/mol. The molecule has 0 fully saturated rings. The highest BCUT2D eigenvalue weighted by atomic mass is 32.2. The van der Waals surface area contributed by atoms with Gasteiger partial charge >= 0.3 is 0 Å². The molecule has 2 aromatic rings. The third-order valence-electron chi connectivity index (χ3n) is 3.69. The molecule has 25 heavy (non-hydrogen) atoms. The molecule has 2 aromatic carbocycles. The van der Waals surface area contributed by atoms with Crippen molar-refractivity contribution in [3.8, 4) is 11.8 Å². The monoisotopic (exact) mass is 358 g/mol. The molecule has 132 valence electrons. The van der Waals surface area contributed by atoms with E-state index in [1.165, 1.54) is 4.31 Å². The molecule has 0 saturated heterocycles. The Hall–Kier alpha value is -2.36. The van der Waals surface area contributed by atoms with Crippen molar-refractivity contribution in [1.29, 1.82) is 5.26 Å². The molecule has 6 heteroatoms. The maximum Gasteiger partial charge on any atom is 0.243 e. The summed E-state index contributed by atoms with van der Waals surface area (Å²) in [6.07, 6.45) is 0.715. The number of sulfonamides is 1. The van der Waals surface area contributed by atoms with Gasteiger partial charge in [0.1, 0.15) is 5.75 Å². The lowest BCUT2D eigenvalue weighted by molar-refractivity contribution is 0.340. The van der Waals surface area contributed by atoms with Crippen molar-refractivity contribution in [3.63, 3.8) is 0 Å². The molecule has 0 aromatic heterocycles. The fraction of sp³-hybridized carbons (Fsp3) is 0.316. The van der Waals surface area contributed by atoms with Crippen molar-refractivity contribution >= 4 is 10.0 Å². The van der Waals surface area contributed by atoms with Gasteiger partial charge in [-0.2, -0.15) is 9.57 Å². The molecule has 0 atom stereocenters. The molecule has 0 N–H and O–H groups in total. The van der Waals surface area contributed by atoms with Crippen LogP contribution >= 0.6 is 0 Å². The maximum absolute atomic E-state index is 13.0. The molecule has 0 amide bonds. The van der Waals surface area contributed by atoms with Crippen LogP contribution < -0.4 is 4.74 Å². The zero-order valence-corrected chi connectivity index (χ0v) is 15.3. The first kappa shape index (κ1) is 19.0. The van der Waals surface area contributed by atoms with Gasteiger partial charge in [-0.25, -0.2) is 8.42 Å². The van der Waals surface area contributed by atoms with E-state index >= 15 is 0 Å². The summed E-state index contributed by atoms with van der Waals surface area (Å²) in [5.74, 6) is 0.649. The molecule has 0 spiro atoms. The normalized spacial score (nSPS) is 11.3. The number of hydrogen-bond acceptors (Lipinski definition) is 4. The third kappa shape index (κ3) is 4.81. The fourth-order valence-corrected chi connectivity index (χ4v) is 3.97. The zero-order chi connectivity index (χ0) is 18.3. The van der Waals surface area contributed by atoms with Crippen LogP contribution in [0, 0.1) is 11.3 Å². The quantitative estimate of drug-likeness (QED) is 0.723. The summed E-state index contributed by atoms with van der Waals surface area (Å²) in [4.78, 5) is 0.248. The lowest BCUT2D eigenvalue weighted by Crippen LogP contribution is -2.31. The smallest absolute Gasteiger partial charge is 0.243 e. The van der Waals surface area contributed by atoms with E-state index in [0.29, 0.717) is 30.9 Å². The van der Waals surface area contributed by atoms with E-state index in [2.05, 4.69) is 6.07 Å². The van der Waals surface area contributed by atoms with E-state index in [1.807, 2.05) is 13.8 Å². The summed E-state index contributed by atoms with van der Waals surface area (Å²) in [7, 11) is -3.60. The van der Waals surface area contributed by atoms with Crippen molar-refractivity contribution in [2.24, 2.45) is 0 Å². The van der Waals surface area contributed by atoms with E-state index in [1.54, 1.807) is 48.5 Å². The van der Waals surface area contributed by atoms with Crippen molar-refractivity contribution in [3.05, 3.63) is 59.7 Å². The number of rotatable bonds is 8. The first-order valence-electron chi connectivity index (χ1n) is 8.23. The van der Waals surface area contributed by atoms with Crippen molar-refractivity contribution < 1.29 is 13.2 Å². The maximum atomic E-state index is 13.0. The van der Waals surface area contributed by atoms with Gasteiger partial charge in [0.25, 0.3) is 0 Å². The standard InChI is InChI=1S/C19H22N2O3S/c1-3-13-21(15-17-7-5-16(14-20)6-8-17)25(22,23)19-11-9-18(10-12-19)24-4-2/h5-12H,3-4,13,15H2,1-2H3. The minimum absolute atomic E-state index is 0.248. The summed E-state index contributed by atoms with van der Waals surface area (Å²) in [6, 6.07) is 15.5. The van der Waals surface area contributed by atoms with E-state index in [9.17, 15) is 8.42 Å². The Kier molecular flexibility index (Phi) is 6.57. The topological polar surface area (TPSA) is 70.4 Å². The Labute approximate surface area is 149 Å². The molecule has 5 nitrogen and oxygen atoms in total. The summed E-state index contributed by atoms with van der Waals surface area (Å²) in [5.41, 5.74) is 1.40. The van der Waals surface area contributed by atoms with Gasteiger partial charge in [-0.1, -0.05) is 19.1 Å². The molecule has 2 rings (SSSR count). The second-order valence-electron chi connectivity index (χ2n) is 5.55. The summed E-state index contributed by atoms with van der Waals surface area (Å²) in [6.45, 7) is 5.06. The van der Waals surface area contributed by atoms with Crippen molar-refractivity contribution in [2.75, 3.05) is 13.2 Å². The highest BCUT2D eigenvalue weighted by Gasteiger charge is 2.24. The Bertz CT molecular complexity index is 822. The molecule has 0 bridgehead atoms. The van der Waals surface area contributed by atoms with Gasteiger partial charge in [0.15, 0.2) is 0 Å². The van der Waals surface area contributed by atoms with E-state index in [4.69, 9.17) is 10.00 Å². The van der Waals surface area contributed by atoms with Gasteiger partial charge < -0.3 is 4.74 Å². The lowest BCUT2D eigenvalue weighted by Gasteiger charge is -2.22. The van der Waals surface area contributed by atoms with Gasteiger partial charge in [-0.3, -0.25) is 0 Å². The number of hydrogen-bond donors (Lipinski definition) is 0. The second kappa shape index (κ2) is 8.65. The highest BCUT2D eigenvalue weighted by Crippen LogP contribution is 2.22. The van der Waals surface area contributed by atoms with Crippen LogP contribution in [0.5, 0.6) is 5.75 Å². The molecule has 0 radical (unpaired) electrons. The lowest BCUT2D eigenvalue weighted by atomic mass is 10.1. The summed E-state index contributed by atoms with van der Waals surface area (Å²) >= 11 is 0. The van der Waals surface area contributed by atoms with Crippen LogP contribution in [-0.2, 0) is 16.6 Å². The highest BCUT2D eigenvalue weighted by molar-refractivity contribution is 7.89. The average Bonchev–Trinajstić information content (AvgIpc) is 2.63. The van der Waals surface area contributed by atoms with Crippen LogP contribution in [-0.4, -0.2) is 25.9 Å². The first-order valence-corrected chi connectivity index (χ1v) is 9.67. The Morgan fingerprint density at radius 2 is 1.68 bits per heavy atom.